The fourth-order valence-corrected chi connectivity index (χ4v) is 3.99. The van der Waals surface area contributed by atoms with E-state index in [9.17, 15) is 10.1 Å². The molecule has 0 aromatic heterocycles. The van der Waals surface area contributed by atoms with Crippen molar-refractivity contribution in [2.75, 3.05) is 5.32 Å². The SMILES string of the molecule is O=[N+]([O-])c1ccccc1SN[C@@H](NC(=S)Nc1ccccc1I)C(Cl)(Cl)Cl. The number of alkyl halides is 3. The van der Waals surface area contributed by atoms with E-state index in [4.69, 9.17) is 47.0 Å². The molecule has 0 bridgehead atoms. The van der Waals surface area contributed by atoms with Crippen molar-refractivity contribution in [3.05, 3.63) is 62.2 Å². The van der Waals surface area contributed by atoms with Gasteiger partial charge in [-0.15, -0.1) is 0 Å². The molecular formula is C15H12Cl3IN4O2S2. The first-order chi connectivity index (χ1) is 12.7. The van der Waals surface area contributed by atoms with Crippen LogP contribution in [-0.2, 0) is 0 Å². The quantitative estimate of drug-likeness (QED) is 0.0799. The number of nitrogens with one attached hydrogen (secondary N) is 3. The molecule has 0 aliphatic rings. The summed E-state index contributed by atoms with van der Waals surface area (Å²) in [7, 11) is 0. The van der Waals surface area contributed by atoms with Crippen molar-refractivity contribution < 1.29 is 4.92 Å². The van der Waals surface area contributed by atoms with Gasteiger partial charge in [-0.1, -0.05) is 59.1 Å². The van der Waals surface area contributed by atoms with Crippen LogP contribution in [0.2, 0.25) is 0 Å². The highest BCUT2D eigenvalue weighted by atomic mass is 127. The highest BCUT2D eigenvalue weighted by Crippen LogP contribution is 2.33. The van der Waals surface area contributed by atoms with E-state index in [0.29, 0.717) is 4.90 Å². The smallest absolute Gasteiger partial charge is 0.284 e. The van der Waals surface area contributed by atoms with E-state index in [1.54, 1.807) is 18.2 Å². The van der Waals surface area contributed by atoms with Gasteiger partial charge in [0.1, 0.15) is 11.1 Å². The third-order valence-electron chi connectivity index (χ3n) is 3.07. The molecular weight excluding hydrogens is 566 g/mol. The molecule has 0 unspecified atom stereocenters. The van der Waals surface area contributed by atoms with Crippen LogP contribution < -0.4 is 15.4 Å². The second-order valence-electron chi connectivity index (χ2n) is 5.00. The van der Waals surface area contributed by atoms with Crippen LogP contribution in [0.4, 0.5) is 11.4 Å². The van der Waals surface area contributed by atoms with Gasteiger partial charge in [0.2, 0.25) is 3.79 Å². The van der Waals surface area contributed by atoms with Crippen molar-refractivity contribution in [3.8, 4) is 0 Å². The summed E-state index contributed by atoms with van der Waals surface area (Å²) in [6.45, 7) is 0. The average Bonchev–Trinajstić information content (AvgIpc) is 2.59. The van der Waals surface area contributed by atoms with Crippen molar-refractivity contribution in [3.63, 3.8) is 0 Å². The van der Waals surface area contributed by atoms with Gasteiger partial charge in [-0.2, -0.15) is 0 Å². The number of halogens is 4. The topological polar surface area (TPSA) is 79.2 Å². The van der Waals surface area contributed by atoms with Gasteiger partial charge in [-0.05, 0) is 65.0 Å². The molecule has 6 nitrogen and oxygen atoms in total. The highest BCUT2D eigenvalue weighted by molar-refractivity contribution is 14.1. The lowest BCUT2D eigenvalue weighted by molar-refractivity contribution is -0.387. The van der Waals surface area contributed by atoms with Gasteiger partial charge in [-0.3, -0.25) is 10.1 Å². The molecule has 0 spiro atoms. The summed E-state index contributed by atoms with van der Waals surface area (Å²) >= 11 is 26.5. The Labute approximate surface area is 194 Å². The predicted molar refractivity (Wildman–Crippen MR) is 125 cm³/mol. The van der Waals surface area contributed by atoms with E-state index < -0.39 is 14.9 Å². The van der Waals surface area contributed by atoms with Gasteiger partial charge in [-0.25, -0.2) is 4.72 Å². The molecule has 2 aromatic carbocycles. The first-order valence-electron chi connectivity index (χ1n) is 7.23. The lowest BCUT2D eigenvalue weighted by Crippen LogP contribution is -2.52. The minimum Gasteiger partial charge on any atom is -0.343 e. The monoisotopic (exact) mass is 576 g/mol. The van der Waals surface area contributed by atoms with Gasteiger partial charge >= 0.3 is 0 Å². The van der Waals surface area contributed by atoms with Crippen LogP contribution in [0.5, 0.6) is 0 Å². The molecule has 1 atom stereocenters. The third kappa shape index (κ3) is 7.08. The maximum atomic E-state index is 11.1. The number of nitro benzene ring substituents is 1. The molecule has 27 heavy (non-hydrogen) atoms. The van der Waals surface area contributed by atoms with Crippen molar-refractivity contribution in [1.82, 2.24) is 10.0 Å². The molecule has 2 aromatic rings. The number of nitrogens with zero attached hydrogens (tertiary/aromatic N) is 1. The van der Waals surface area contributed by atoms with Crippen LogP contribution in [0, 0.1) is 13.7 Å². The molecule has 3 N–H and O–H groups in total. The van der Waals surface area contributed by atoms with Gasteiger partial charge in [0.15, 0.2) is 5.11 Å². The number of anilines is 1. The normalized spacial score (nSPS) is 12.3. The Morgan fingerprint density at radius 3 is 2.44 bits per heavy atom. The molecule has 0 radical (unpaired) electrons. The number of nitro groups is 1. The Bertz CT molecular complexity index is 839. The molecule has 2 rings (SSSR count). The maximum Gasteiger partial charge on any atom is 0.284 e. The van der Waals surface area contributed by atoms with E-state index in [-0.39, 0.29) is 10.8 Å². The fourth-order valence-electron chi connectivity index (χ4n) is 1.85. The van der Waals surface area contributed by atoms with Crippen molar-refractivity contribution in [1.29, 1.82) is 0 Å². The van der Waals surface area contributed by atoms with Crippen LogP contribution in [0.25, 0.3) is 0 Å². The van der Waals surface area contributed by atoms with E-state index in [1.165, 1.54) is 6.07 Å². The summed E-state index contributed by atoms with van der Waals surface area (Å²) in [6, 6.07) is 13.8. The Morgan fingerprint density at radius 2 is 1.81 bits per heavy atom. The first kappa shape index (κ1) is 22.7. The number of thiocarbonyl (C=S) groups is 1. The van der Waals surface area contributed by atoms with Crippen molar-refractivity contribution in [2.45, 2.75) is 14.9 Å². The van der Waals surface area contributed by atoms with E-state index >= 15 is 0 Å². The number of hydrogen-bond donors (Lipinski definition) is 3. The molecule has 0 fully saturated rings. The Morgan fingerprint density at radius 1 is 1.19 bits per heavy atom. The summed E-state index contributed by atoms with van der Waals surface area (Å²) in [5, 5.41) is 17.2. The Hall–Kier alpha value is -0.560. The minimum atomic E-state index is -1.77. The molecule has 144 valence electrons. The molecule has 12 heteroatoms. The van der Waals surface area contributed by atoms with E-state index in [0.717, 1.165) is 21.2 Å². The molecule has 0 saturated heterocycles. The first-order valence-corrected chi connectivity index (χ1v) is 10.7. The number of para-hydroxylation sites is 2. The number of rotatable bonds is 6. The lowest BCUT2D eigenvalue weighted by atomic mass is 10.3. The van der Waals surface area contributed by atoms with Crippen molar-refractivity contribution in [2.24, 2.45) is 0 Å². The highest BCUT2D eigenvalue weighted by Gasteiger charge is 2.34. The molecule has 0 saturated carbocycles. The Kier molecular flexibility index (Phi) is 8.66. The van der Waals surface area contributed by atoms with Gasteiger partial charge in [0.05, 0.1) is 10.6 Å². The molecule has 0 heterocycles. The van der Waals surface area contributed by atoms with Crippen LogP contribution in [0.1, 0.15) is 0 Å². The van der Waals surface area contributed by atoms with Gasteiger partial charge in [0.25, 0.3) is 5.69 Å². The number of benzene rings is 2. The summed E-state index contributed by atoms with van der Waals surface area (Å²) in [5.41, 5.74) is 0.739. The molecule has 0 aliphatic carbocycles. The largest absolute Gasteiger partial charge is 0.343 e. The Balaban J connectivity index is 2.07. The van der Waals surface area contributed by atoms with E-state index in [1.807, 2.05) is 24.3 Å². The minimum absolute atomic E-state index is 0.0578. The van der Waals surface area contributed by atoms with Crippen molar-refractivity contribution >= 4 is 98.0 Å². The predicted octanol–water partition coefficient (Wildman–Crippen LogP) is 5.48. The van der Waals surface area contributed by atoms with Crippen LogP contribution in [0.3, 0.4) is 0 Å². The second-order valence-corrected chi connectivity index (χ2v) is 9.82. The number of hydrogen-bond acceptors (Lipinski definition) is 5. The zero-order valence-electron chi connectivity index (χ0n) is 13.3. The van der Waals surface area contributed by atoms with Gasteiger partial charge in [0, 0.05) is 9.64 Å². The zero-order chi connectivity index (χ0) is 20.0. The summed E-state index contributed by atoms with van der Waals surface area (Å²) < 4.78 is 2.07. The van der Waals surface area contributed by atoms with E-state index in [2.05, 4.69) is 37.9 Å². The summed E-state index contributed by atoms with van der Waals surface area (Å²) in [4.78, 5) is 11.0. The summed E-state index contributed by atoms with van der Waals surface area (Å²) in [6.07, 6.45) is -0.923. The van der Waals surface area contributed by atoms with Crippen LogP contribution >= 0.6 is 81.6 Å². The summed E-state index contributed by atoms with van der Waals surface area (Å²) in [5.74, 6) is 0. The van der Waals surface area contributed by atoms with Gasteiger partial charge < -0.3 is 10.6 Å². The second kappa shape index (κ2) is 10.3. The average molecular weight is 578 g/mol. The third-order valence-corrected chi connectivity index (χ3v) is 5.81. The molecule has 0 aliphatic heterocycles. The standard InChI is InChI=1S/C15H12Cl3IN4O2S2/c16-15(17,18)13(21-14(26)20-10-6-2-1-5-9(10)19)22-27-12-8-4-3-7-11(12)23(24)25/h1-8,13,22H,(H2,20,21,26)/t13-/m1/s1. The van der Waals surface area contributed by atoms with Crippen LogP contribution in [-0.4, -0.2) is 20.0 Å². The zero-order valence-corrected chi connectivity index (χ0v) is 19.3. The fraction of sp³-hybridized carbons (Fsp3) is 0.133. The maximum absolute atomic E-state index is 11.1. The lowest BCUT2D eigenvalue weighted by Gasteiger charge is -2.27. The molecule has 0 amide bonds. The van der Waals surface area contributed by atoms with Crippen LogP contribution in [0.15, 0.2) is 53.4 Å².